The van der Waals surface area contributed by atoms with E-state index in [1.54, 1.807) is 0 Å². The summed E-state index contributed by atoms with van der Waals surface area (Å²) >= 11 is 1.85. The minimum Gasteiger partial charge on any atom is -0.396 e. The van der Waals surface area contributed by atoms with Crippen LogP contribution in [0.4, 0.5) is 0 Å². The molecule has 0 saturated heterocycles. The largest absolute Gasteiger partial charge is 0.396 e. The molecule has 1 aromatic rings. The van der Waals surface area contributed by atoms with Crippen molar-refractivity contribution in [2.45, 2.75) is 29.9 Å². The Hall–Kier alpha value is -0.550. The van der Waals surface area contributed by atoms with Crippen LogP contribution in [-0.2, 0) is 6.42 Å². The van der Waals surface area contributed by atoms with Crippen molar-refractivity contribution in [2.24, 2.45) is 0 Å². The van der Waals surface area contributed by atoms with Gasteiger partial charge >= 0.3 is 0 Å². The molecule has 0 aromatic heterocycles. The smallest absolute Gasteiger partial charge is 0.0944 e. The summed E-state index contributed by atoms with van der Waals surface area (Å²) < 4.78 is 0. The molecule has 94 valence electrons. The first-order chi connectivity index (χ1) is 8.26. The standard InChI is InChI=1S/C13H19NO2S/c1-14-11(4-6-15)13(16)10-3-2-9-5-7-17-12(9)8-10/h2-3,8,11,13-16H,4-7H2,1H3. The van der Waals surface area contributed by atoms with Crippen molar-refractivity contribution in [1.29, 1.82) is 0 Å². The fraction of sp³-hybridized carbons (Fsp3) is 0.538. The number of hydrogen-bond donors (Lipinski definition) is 3. The van der Waals surface area contributed by atoms with E-state index in [0.29, 0.717) is 6.42 Å². The Morgan fingerprint density at radius 1 is 1.47 bits per heavy atom. The van der Waals surface area contributed by atoms with Gasteiger partial charge in [0.25, 0.3) is 0 Å². The van der Waals surface area contributed by atoms with Crippen molar-refractivity contribution in [3.63, 3.8) is 0 Å². The van der Waals surface area contributed by atoms with Crippen molar-refractivity contribution >= 4 is 11.8 Å². The highest BCUT2D eigenvalue weighted by molar-refractivity contribution is 7.99. The average molecular weight is 253 g/mol. The second-order valence-corrected chi connectivity index (χ2v) is 5.45. The molecule has 0 bridgehead atoms. The lowest BCUT2D eigenvalue weighted by Crippen LogP contribution is -2.33. The molecule has 4 heteroatoms. The quantitative estimate of drug-likeness (QED) is 0.741. The minimum atomic E-state index is -0.557. The van der Waals surface area contributed by atoms with Gasteiger partial charge in [0.15, 0.2) is 0 Å². The molecule has 0 spiro atoms. The third-order valence-corrected chi connectivity index (χ3v) is 4.35. The fourth-order valence-corrected chi connectivity index (χ4v) is 3.32. The molecule has 2 rings (SSSR count). The lowest BCUT2D eigenvalue weighted by atomic mass is 9.98. The third kappa shape index (κ3) is 2.83. The van der Waals surface area contributed by atoms with Gasteiger partial charge in [0, 0.05) is 23.3 Å². The van der Waals surface area contributed by atoms with Crippen LogP contribution >= 0.6 is 11.8 Å². The first-order valence-electron chi connectivity index (χ1n) is 5.98. The van der Waals surface area contributed by atoms with Gasteiger partial charge < -0.3 is 15.5 Å². The van der Waals surface area contributed by atoms with Crippen LogP contribution in [0.3, 0.4) is 0 Å². The van der Waals surface area contributed by atoms with Gasteiger partial charge in [-0.2, -0.15) is 0 Å². The molecule has 1 heterocycles. The molecule has 0 fully saturated rings. The first-order valence-corrected chi connectivity index (χ1v) is 6.96. The summed E-state index contributed by atoms with van der Waals surface area (Å²) in [5.74, 6) is 1.14. The monoisotopic (exact) mass is 253 g/mol. The number of aryl methyl sites for hydroxylation is 1. The second kappa shape index (κ2) is 5.87. The second-order valence-electron chi connectivity index (χ2n) is 4.32. The number of benzene rings is 1. The van der Waals surface area contributed by atoms with Crippen LogP contribution in [0.15, 0.2) is 23.1 Å². The zero-order valence-electron chi connectivity index (χ0n) is 10.0. The van der Waals surface area contributed by atoms with E-state index < -0.39 is 6.10 Å². The fourth-order valence-electron chi connectivity index (χ4n) is 2.20. The van der Waals surface area contributed by atoms with Crippen molar-refractivity contribution in [3.8, 4) is 0 Å². The molecular formula is C13H19NO2S. The van der Waals surface area contributed by atoms with Gasteiger partial charge in [0.1, 0.15) is 0 Å². The number of thioether (sulfide) groups is 1. The number of aliphatic hydroxyl groups excluding tert-OH is 2. The van der Waals surface area contributed by atoms with Crippen LogP contribution in [0.5, 0.6) is 0 Å². The summed E-state index contributed by atoms with van der Waals surface area (Å²) in [4.78, 5) is 1.29. The van der Waals surface area contributed by atoms with Crippen LogP contribution < -0.4 is 5.32 Å². The maximum Gasteiger partial charge on any atom is 0.0944 e. The molecule has 0 radical (unpaired) electrons. The molecule has 0 amide bonds. The summed E-state index contributed by atoms with van der Waals surface area (Å²) in [5, 5.41) is 22.3. The van der Waals surface area contributed by atoms with E-state index >= 15 is 0 Å². The number of rotatable bonds is 5. The number of likely N-dealkylation sites (N-methyl/N-ethyl adjacent to an activating group) is 1. The van der Waals surface area contributed by atoms with Gasteiger partial charge in [-0.05, 0) is 37.1 Å². The topological polar surface area (TPSA) is 52.5 Å². The Morgan fingerprint density at radius 2 is 2.29 bits per heavy atom. The predicted octanol–water partition coefficient (Wildman–Crippen LogP) is 1.34. The molecule has 1 aliphatic rings. The summed E-state index contributed by atoms with van der Waals surface area (Å²) in [5.41, 5.74) is 2.32. The summed E-state index contributed by atoms with van der Waals surface area (Å²) in [6.07, 6.45) is 1.13. The Labute approximate surface area is 106 Å². The van der Waals surface area contributed by atoms with Gasteiger partial charge in [-0.25, -0.2) is 0 Å². The molecule has 1 aliphatic heterocycles. The Bertz CT molecular complexity index is 384. The van der Waals surface area contributed by atoms with E-state index in [4.69, 9.17) is 5.11 Å². The van der Waals surface area contributed by atoms with Crippen molar-refractivity contribution in [1.82, 2.24) is 5.32 Å². The van der Waals surface area contributed by atoms with E-state index in [-0.39, 0.29) is 12.6 Å². The van der Waals surface area contributed by atoms with Crippen LogP contribution in [-0.4, -0.2) is 35.7 Å². The lowest BCUT2D eigenvalue weighted by molar-refractivity contribution is 0.114. The van der Waals surface area contributed by atoms with Crippen LogP contribution in [0.1, 0.15) is 23.7 Å². The van der Waals surface area contributed by atoms with Crippen molar-refractivity contribution in [2.75, 3.05) is 19.4 Å². The Morgan fingerprint density at radius 3 is 3.00 bits per heavy atom. The van der Waals surface area contributed by atoms with Crippen LogP contribution in [0, 0.1) is 0 Å². The predicted molar refractivity (Wildman–Crippen MR) is 70.4 cm³/mol. The summed E-state index contributed by atoms with van der Waals surface area (Å²) in [7, 11) is 1.81. The van der Waals surface area contributed by atoms with Crippen molar-refractivity contribution in [3.05, 3.63) is 29.3 Å². The highest BCUT2D eigenvalue weighted by Crippen LogP contribution is 2.33. The first kappa shape index (κ1) is 12.9. The molecule has 3 N–H and O–H groups in total. The van der Waals surface area contributed by atoms with E-state index in [2.05, 4.69) is 17.4 Å². The zero-order valence-corrected chi connectivity index (χ0v) is 10.8. The maximum atomic E-state index is 10.3. The van der Waals surface area contributed by atoms with Crippen LogP contribution in [0.2, 0.25) is 0 Å². The van der Waals surface area contributed by atoms with Gasteiger partial charge in [0.2, 0.25) is 0 Å². The average Bonchev–Trinajstić information content (AvgIpc) is 2.82. The molecule has 17 heavy (non-hydrogen) atoms. The number of hydrogen-bond acceptors (Lipinski definition) is 4. The number of fused-ring (bicyclic) bond motifs is 1. The van der Waals surface area contributed by atoms with Gasteiger partial charge in [-0.1, -0.05) is 12.1 Å². The van der Waals surface area contributed by atoms with Gasteiger partial charge in [0.05, 0.1) is 6.10 Å². The van der Waals surface area contributed by atoms with E-state index in [9.17, 15) is 5.11 Å². The lowest BCUT2D eigenvalue weighted by Gasteiger charge is -2.22. The molecule has 0 aliphatic carbocycles. The Balaban J connectivity index is 2.15. The number of nitrogens with one attached hydrogen (secondary N) is 1. The normalized spacial score (nSPS) is 17.8. The molecule has 2 atom stereocenters. The molecule has 2 unspecified atom stereocenters. The molecule has 1 aromatic carbocycles. The SMILES string of the molecule is CNC(CCO)C(O)c1ccc2c(c1)SCC2. The highest BCUT2D eigenvalue weighted by Gasteiger charge is 2.21. The van der Waals surface area contributed by atoms with E-state index in [1.165, 1.54) is 10.5 Å². The molecular weight excluding hydrogens is 234 g/mol. The van der Waals surface area contributed by atoms with E-state index in [0.717, 1.165) is 17.7 Å². The minimum absolute atomic E-state index is 0.0856. The van der Waals surface area contributed by atoms with Gasteiger partial charge in [-0.3, -0.25) is 0 Å². The molecule has 0 saturated carbocycles. The summed E-state index contributed by atoms with van der Waals surface area (Å²) in [6.45, 7) is 0.0856. The summed E-state index contributed by atoms with van der Waals surface area (Å²) in [6, 6.07) is 6.10. The molecule has 3 nitrogen and oxygen atoms in total. The Kier molecular flexibility index (Phi) is 4.45. The maximum absolute atomic E-state index is 10.3. The highest BCUT2D eigenvalue weighted by atomic mass is 32.2. The third-order valence-electron chi connectivity index (χ3n) is 3.25. The number of aliphatic hydroxyl groups is 2. The van der Waals surface area contributed by atoms with Crippen LogP contribution in [0.25, 0.3) is 0 Å². The zero-order chi connectivity index (χ0) is 12.3. The van der Waals surface area contributed by atoms with Crippen molar-refractivity contribution < 1.29 is 10.2 Å². The van der Waals surface area contributed by atoms with Gasteiger partial charge in [-0.15, -0.1) is 11.8 Å². The van der Waals surface area contributed by atoms with E-state index in [1.807, 2.05) is 24.9 Å².